The van der Waals surface area contributed by atoms with Crippen LogP contribution in [0, 0.1) is 6.92 Å². The standard InChI is InChI=1S/C12H12N4O2S/c1-9-14-15-12(19-8-11(17)18)16(9)13-7-10-5-3-2-4-6-10/h2-7H,8H2,1H3,(H,17,18)/b13-7+. The van der Waals surface area contributed by atoms with E-state index < -0.39 is 5.97 Å². The fraction of sp³-hybridized carbons (Fsp3) is 0.167. The van der Waals surface area contributed by atoms with Crippen LogP contribution in [0.15, 0.2) is 40.6 Å². The van der Waals surface area contributed by atoms with Gasteiger partial charge in [-0.05, 0) is 12.5 Å². The smallest absolute Gasteiger partial charge is 0.313 e. The number of rotatable bonds is 5. The van der Waals surface area contributed by atoms with Gasteiger partial charge in [-0.2, -0.15) is 9.78 Å². The number of aryl methyl sites for hydroxylation is 1. The molecule has 2 rings (SSSR count). The third-order valence-electron chi connectivity index (χ3n) is 2.21. The van der Waals surface area contributed by atoms with Crippen LogP contribution in [0.2, 0.25) is 0 Å². The summed E-state index contributed by atoms with van der Waals surface area (Å²) in [6.45, 7) is 1.76. The summed E-state index contributed by atoms with van der Waals surface area (Å²) in [6.07, 6.45) is 1.68. The van der Waals surface area contributed by atoms with Crippen molar-refractivity contribution in [2.75, 3.05) is 5.75 Å². The molecule has 1 aromatic heterocycles. The highest BCUT2D eigenvalue weighted by Crippen LogP contribution is 2.16. The van der Waals surface area contributed by atoms with Crippen molar-refractivity contribution in [1.82, 2.24) is 14.9 Å². The Labute approximate surface area is 114 Å². The van der Waals surface area contributed by atoms with E-state index in [-0.39, 0.29) is 5.75 Å². The molecule has 7 heteroatoms. The Hall–Kier alpha value is -2.15. The maximum absolute atomic E-state index is 10.6. The van der Waals surface area contributed by atoms with Crippen molar-refractivity contribution in [3.05, 3.63) is 41.7 Å². The van der Waals surface area contributed by atoms with Gasteiger partial charge in [0, 0.05) is 0 Å². The average Bonchev–Trinajstić information content (AvgIpc) is 2.76. The van der Waals surface area contributed by atoms with Gasteiger partial charge < -0.3 is 5.11 Å². The molecule has 0 aliphatic heterocycles. The van der Waals surface area contributed by atoms with Crippen molar-refractivity contribution in [1.29, 1.82) is 0 Å². The molecule has 0 bridgehead atoms. The largest absolute Gasteiger partial charge is 0.481 e. The van der Waals surface area contributed by atoms with E-state index in [4.69, 9.17) is 5.11 Å². The molecule has 0 aliphatic rings. The van der Waals surface area contributed by atoms with E-state index in [1.807, 2.05) is 30.3 Å². The van der Waals surface area contributed by atoms with Gasteiger partial charge in [-0.15, -0.1) is 10.2 Å². The molecule has 0 atom stereocenters. The molecular formula is C12H12N4O2S. The van der Waals surface area contributed by atoms with Crippen molar-refractivity contribution in [3.63, 3.8) is 0 Å². The van der Waals surface area contributed by atoms with E-state index in [9.17, 15) is 4.79 Å². The summed E-state index contributed by atoms with van der Waals surface area (Å²) in [4.78, 5) is 10.6. The van der Waals surface area contributed by atoms with Crippen molar-refractivity contribution >= 4 is 23.9 Å². The number of carbonyl (C=O) groups is 1. The zero-order chi connectivity index (χ0) is 13.7. The first-order chi connectivity index (χ1) is 9.16. The SMILES string of the molecule is Cc1nnc(SCC(=O)O)n1/N=C/c1ccccc1. The second kappa shape index (κ2) is 6.14. The highest BCUT2D eigenvalue weighted by Gasteiger charge is 2.10. The maximum Gasteiger partial charge on any atom is 0.313 e. The fourth-order valence-corrected chi connectivity index (χ4v) is 2.00. The number of benzene rings is 1. The lowest BCUT2D eigenvalue weighted by molar-refractivity contribution is -0.133. The molecule has 0 aliphatic carbocycles. The van der Waals surface area contributed by atoms with E-state index in [0.29, 0.717) is 11.0 Å². The maximum atomic E-state index is 10.6. The van der Waals surface area contributed by atoms with Gasteiger partial charge in [-0.3, -0.25) is 4.79 Å². The molecule has 0 spiro atoms. The Kier molecular flexibility index (Phi) is 4.30. The Morgan fingerprint density at radius 1 is 1.42 bits per heavy atom. The van der Waals surface area contributed by atoms with E-state index >= 15 is 0 Å². The van der Waals surface area contributed by atoms with Crippen LogP contribution in [0.5, 0.6) is 0 Å². The van der Waals surface area contributed by atoms with Crippen LogP contribution >= 0.6 is 11.8 Å². The molecule has 1 heterocycles. The van der Waals surface area contributed by atoms with Crippen LogP contribution in [0.4, 0.5) is 0 Å². The van der Waals surface area contributed by atoms with Crippen LogP contribution < -0.4 is 0 Å². The van der Waals surface area contributed by atoms with Crippen LogP contribution in [0.1, 0.15) is 11.4 Å². The number of aliphatic carboxylic acids is 1. The number of thioether (sulfide) groups is 1. The molecule has 0 unspecified atom stereocenters. The fourth-order valence-electron chi connectivity index (χ4n) is 1.35. The molecule has 1 N–H and O–H groups in total. The summed E-state index contributed by atoms with van der Waals surface area (Å²) in [7, 11) is 0. The monoisotopic (exact) mass is 276 g/mol. The highest BCUT2D eigenvalue weighted by atomic mass is 32.2. The van der Waals surface area contributed by atoms with Gasteiger partial charge in [-0.25, -0.2) is 0 Å². The number of hydrogen-bond donors (Lipinski definition) is 1. The number of carboxylic acid groups (broad SMARTS) is 1. The summed E-state index contributed by atoms with van der Waals surface area (Å²) in [6, 6.07) is 9.61. The normalized spacial score (nSPS) is 11.0. The van der Waals surface area contributed by atoms with Gasteiger partial charge in [0.1, 0.15) is 0 Å². The number of hydrogen-bond acceptors (Lipinski definition) is 5. The Morgan fingerprint density at radius 2 is 2.16 bits per heavy atom. The molecule has 2 aromatic rings. The van der Waals surface area contributed by atoms with Gasteiger partial charge in [0.05, 0.1) is 12.0 Å². The molecular weight excluding hydrogens is 264 g/mol. The predicted molar refractivity (Wildman–Crippen MR) is 72.6 cm³/mol. The molecule has 0 amide bonds. The van der Waals surface area contributed by atoms with Gasteiger partial charge >= 0.3 is 5.97 Å². The van der Waals surface area contributed by atoms with Crippen LogP contribution in [0.3, 0.4) is 0 Å². The third kappa shape index (κ3) is 3.65. The summed E-state index contributed by atoms with van der Waals surface area (Å²) >= 11 is 1.09. The first kappa shape index (κ1) is 13.3. The van der Waals surface area contributed by atoms with Crippen LogP contribution in [0.25, 0.3) is 0 Å². The highest BCUT2D eigenvalue weighted by molar-refractivity contribution is 7.99. The van der Waals surface area contributed by atoms with E-state index in [1.54, 1.807) is 13.1 Å². The molecule has 0 fully saturated rings. The average molecular weight is 276 g/mol. The summed E-state index contributed by atoms with van der Waals surface area (Å²) in [5, 5.41) is 21.2. The minimum atomic E-state index is -0.899. The van der Waals surface area contributed by atoms with Crippen molar-refractivity contribution in [2.24, 2.45) is 5.10 Å². The molecule has 0 radical (unpaired) electrons. The molecule has 98 valence electrons. The van der Waals surface area contributed by atoms with E-state index in [2.05, 4.69) is 15.3 Å². The molecule has 1 aromatic carbocycles. The zero-order valence-electron chi connectivity index (χ0n) is 10.2. The van der Waals surface area contributed by atoms with Gasteiger partial charge in [0.15, 0.2) is 5.82 Å². The van der Waals surface area contributed by atoms with Gasteiger partial charge in [-0.1, -0.05) is 42.1 Å². The molecule has 6 nitrogen and oxygen atoms in total. The zero-order valence-corrected chi connectivity index (χ0v) is 11.0. The second-order valence-electron chi connectivity index (χ2n) is 3.68. The van der Waals surface area contributed by atoms with Crippen LogP contribution in [-0.4, -0.2) is 37.9 Å². The number of aromatic nitrogens is 3. The molecule has 0 saturated heterocycles. The summed E-state index contributed by atoms with van der Waals surface area (Å²) in [5.41, 5.74) is 0.949. The summed E-state index contributed by atoms with van der Waals surface area (Å²) in [5.74, 6) is -0.358. The first-order valence-electron chi connectivity index (χ1n) is 5.53. The third-order valence-corrected chi connectivity index (χ3v) is 3.12. The van der Waals surface area contributed by atoms with Crippen molar-refractivity contribution < 1.29 is 9.90 Å². The Morgan fingerprint density at radius 3 is 2.84 bits per heavy atom. The predicted octanol–water partition coefficient (Wildman–Crippen LogP) is 1.65. The van der Waals surface area contributed by atoms with Crippen LogP contribution in [-0.2, 0) is 4.79 Å². The molecule has 19 heavy (non-hydrogen) atoms. The Bertz CT molecular complexity index is 595. The van der Waals surface area contributed by atoms with Gasteiger partial charge in [0.2, 0.25) is 5.16 Å². The minimum absolute atomic E-state index is 0.0704. The molecule has 0 saturated carbocycles. The lowest BCUT2D eigenvalue weighted by Gasteiger charge is -2.00. The first-order valence-corrected chi connectivity index (χ1v) is 6.51. The topological polar surface area (TPSA) is 80.4 Å². The van der Waals surface area contributed by atoms with Gasteiger partial charge in [0.25, 0.3) is 0 Å². The number of carboxylic acids is 1. The summed E-state index contributed by atoms with van der Waals surface area (Å²) < 4.78 is 1.53. The van der Waals surface area contributed by atoms with Crippen molar-refractivity contribution in [2.45, 2.75) is 12.1 Å². The lowest BCUT2D eigenvalue weighted by Crippen LogP contribution is -2.01. The number of nitrogens with zero attached hydrogens (tertiary/aromatic N) is 4. The van der Waals surface area contributed by atoms with Crippen molar-refractivity contribution in [3.8, 4) is 0 Å². The second-order valence-corrected chi connectivity index (χ2v) is 4.62. The quantitative estimate of drug-likeness (QED) is 0.663. The Balaban J connectivity index is 2.17. The minimum Gasteiger partial charge on any atom is -0.481 e. The van der Waals surface area contributed by atoms with E-state index in [0.717, 1.165) is 17.3 Å². The lowest BCUT2D eigenvalue weighted by atomic mass is 10.2. The van der Waals surface area contributed by atoms with E-state index in [1.165, 1.54) is 4.68 Å².